The molecule has 0 bridgehead atoms. The van der Waals surface area contributed by atoms with Crippen LogP contribution in [0, 0.1) is 138 Å². The summed E-state index contributed by atoms with van der Waals surface area (Å²) in [7, 11) is 0. The SMILES string of the molecule is C[C@@H]1OC(CO)[C@H](O)[C@@H](C)C1O.[Ac].[Ac].[Ac]. The van der Waals surface area contributed by atoms with Crippen molar-refractivity contribution in [2.75, 3.05) is 6.61 Å². The molecule has 3 radical (unpaired) electrons. The average molecular weight is 857 g/mol. The molecule has 0 amide bonds. The monoisotopic (exact) mass is 857 g/mol. The summed E-state index contributed by atoms with van der Waals surface area (Å²) in [6, 6.07) is 0. The minimum atomic E-state index is -0.777. The van der Waals surface area contributed by atoms with Crippen LogP contribution < -0.4 is 0 Å². The van der Waals surface area contributed by atoms with Crippen molar-refractivity contribution in [2.24, 2.45) is 5.92 Å². The Hall–Kier alpha value is 4.16. The average Bonchev–Trinajstić information content (AvgIpc) is 2.08. The first-order valence-electron chi connectivity index (χ1n) is 4.20. The fraction of sp³-hybridized carbons (Fsp3) is 1.00. The van der Waals surface area contributed by atoms with Gasteiger partial charge in [0.05, 0.1) is 24.9 Å². The first kappa shape index (κ1) is 24.2. The van der Waals surface area contributed by atoms with Crippen LogP contribution in [-0.2, 0) is 4.74 Å². The van der Waals surface area contributed by atoms with E-state index in [0.717, 1.165) is 0 Å². The zero-order chi connectivity index (χ0) is 9.30. The van der Waals surface area contributed by atoms with Gasteiger partial charge in [-0.3, -0.25) is 0 Å². The number of aliphatic hydroxyl groups is 3. The Bertz CT molecular complexity index is 156. The van der Waals surface area contributed by atoms with Gasteiger partial charge >= 0.3 is 0 Å². The van der Waals surface area contributed by atoms with Gasteiger partial charge in [-0.1, -0.05) is 6.92 Å². The predicted molar refractivity (Wildman–Crippen MR) is 42.6 cm³/mol. The Morgan fingerprint density at radius 2 is 1.47 bits per heavy atom. The Labute approximate surface area is 198 Å². The van der Waals surface area contributed by atoms with E-state index in [1.54, 1.807) is 13.8 Å². The van der Waals surface area contributed by atoms with E-state index in [2.05, 4.69) is 0 Å². The molecule has 1 aliphatic heterocycles. The maximum absolute atomic E-state index is 9.48. The molecule has 81 valence electrons. The summed E-state index contributed by atoms with van der Waals surface area (Å²) in [6.07, 6.45) is -2.30. The number of hydrogen-bond donors (Lipinski definition) is 3. The number of ether oxygens (including phenoxy) is 1. The molecule has 1 heterocycles. The van der Waals surface area contributed by atoms with Crippen LogP contribution in [0.4, 0.5) is 0 Å². The summed E-state index contributed by atoms with van der Waals surface area (Å²) in [4.78, 5) is 0. The fourth-order valence-electron chi connectivity index (χ4n) is 1.56. The van der Waals surface area contributed by atoms with Gasteiger partial charge in [-0.15, -0.1) is 0 Å². The standard InChI is InChI=1S/C8H16O4.3Ac/c1-4-7(10)5(2)12-6(3-9)8(4)11;;;/h4-11H,3H2,1-2H3;;;/t4-,5-,6?,7?,8+;;;/m0.../s1. The summed E-state index contributed by atoms with van der Waals surface area (Å²) < 4.78 is 5.18. The molecule has 1 rings (SSSR count). The van der Waals surface area contributed by atoms with Gasteiger partial charge in [-0.05, 0) is 6.92 Å². The van der Waals surface area contributed by atoms with Gasteiger partial charge in [-0.25, -0.2) is 0 Å². The first-order chi connectivity index (χ1) is 5.57. The number of aliphatic hydroxyl groups excluding tert-OH is 3. The molecule has 0 aromatic heterocycles. The molecule has 1 fully saturated rings. The van der Waals surface area contributed by atoms with Crippen molar-refractivity contribution in [1.29, 1.82) is 0 Å². The second-order valence-corrected chi connectivity index (χ2v) is 3.40. The van der Waals surface area contributed by atoms with E-state index in [4.69, 9.17) is 9.84 Å². The van der Waals surface area contributed by atoms with Crippen LogP contribution in [0.5, 0.6) is 0 Å². The van der Waals surface area contributed by atoms with Crippen molar-refractivity contribution >= 4 is 0 Å². The molecule has 7 heteroatoms. The molecule has 0 aromatic carbocycles. The van der Waals surface area contributed by atoms with Gasteiger partial charge in [0.2, 0.25) is 0 Å². The molecule has 0 aliphatic carbocycles. The fourth-order valence-corrected chi connectivity index (χ4v) is 1.56. The molecule has 2 unspecified atom stereocenters. The molecule has 4 nitrogen and oxygen atoms in total. The quantitative estimate of drug-likeness (QED) is 0.321. The molecule has 1 aliphatic rings. The number of hydrogen-bond acceptors (Lipinski definition) is 4. The van der Waals surface area contributed by atoms with E-state index in [-0.39, 0.29) is 151 Å². The van der Waals surface area contributed by atoms with Crippen LogP contribution in [0.25, 0.3) is 0 Å². The third-order valence-electron chi connectivity index (χ3n) is 2.51. The van der Waals surface area contributed by atoms with E-state index in [9.17, 15) is 10.2 Å². The zero-order valence-electron chi connectivity index (χ0n) is 9.08. The molecule has 0 saturated carbocycles. The third-order valence-corrected chi connectivity index (χ3v) is 2.51. The second-order valence-electron chi connectivity index (χ2n) is 3.40. The van der Waals surface area contributed by atoms with Crippen LogP contribution >= 0.6 is 0 Å². The normalized spacial score (nSPS) is 39.4. The molecule has 1 saturated heterocycles. The van der Waals surface area contributed by atoms with Gasteiger partial charge in [-0.2, -0.15) is 0 Å². The second kappa shape index (κ2) is 11.9. The van der Waals surface area contributed by atoms with Crippen molar-refractivity contribution in [1.82, 2.24) is 0 Å². The molecule has 0 aromatic rings. The minimum absolute atomic E-state index is 0. The van der Waals surface area contributed by atoms with Crippen LogP contribution in [-0.4, -0.2) is 46.3 Å². The van der Waals surface area contributed by atoms with Crippen LogP contribution in [0.1, 0.15) is 13.8 Å². The summed E-state index contributed by atoms with van der Waals surface area (Å²) in [6.45, 7) is 3.27. The molecule has 15 heavy (non-hydrogen) atoms. The van der Waals surface area contributed by atoms with Crippen molar-refractivity contribution in [3.8, 4) is 0 Å². The topological polar surface area (TPSA) is 69.9 Å². The first-order valence-corrected chi connectivity index (χ1v) is 4.20. The van der Waals surface area contributed by atoms with Crippen LogP contribution in [0.3, 0.4) is 0 Å². The van der Waals surface area contributed by atoms with E-state index < -0.39 is 18.3 Å². The van der Waals surface area contributed by atoms with Crippen molar-refractivity contribution in [3.05, 3.63) is 0 Å². The Balaban J connectivity index is -0.000000480. The van der Waals surface area contributed by atoms with E-state index in [0.29, 0.717) is 0 Å². The van der Waals surface area contributed by atoms with Gasteiger partial charge in [0.25, 0.3) is 0 Å². The van der Waals surface area contributed by atoms with Gasteiger partial charge in [0.1, 0.15) is 6.10 Å². The van der Waals surface area contributed by atoms with Crippen molar-refractivity contribution in [3.63, 3.8) is 0 Å². The Kier molecular flexibility index (Phi) is 19.3. The zero-order valence-corrected chi connectivity index (χ0v) is 23.3. The van der Waals surface area contributed by atoms with Crippen molar-refractivity contribution in [2.45, 2.75) is 38.3 Å². The van der Waals surface area contributed by atoms with Gasteiger partial charge in [0.15, 0.2) is 0 Å². The largest absolute Gasteiger partial charge is 0.394 e. The van der Waals surface area contributed by atoms with Crippen LogP contribution in [0.2, 0.25) is 0 Å². The van der Waals surface area contributed by atoms with Gasteiger partial charge < -0.3 is 20.1 Å². The molecule has 3 N–H and O–H groups in total. The summed E-state index contributed by atoms with van der Waals surface area (Å²) in [5.41, 5.74) is 0. The molecule has 5 atom stereocenters. The minimum Gasteiger partial charge on any atom is -0.394 e. The summed E-state index contributed by atoms with van der Waals surface area (Å²) >= 11 is 0. The van der Waals surface area contributed by atoms with Crippen molar-refractivity contribution < 1.29 is 152 Å². The smallest absolute Gasteiger partial charge is 0.107 e. The van der Waals surface area contributed by atoms with Crippen LogP contribution in [0.15, 0.2) is 0 Å². The Morgan fingerprint density at radius 1 is 1.00 bits per heavy atom. The Morgan fingerprint density at radius 3 is 1.87 bits per heavy atom. The number of rotatable bonds is 1. The van der Waals surface area contributed by atoms with E-state index >= 15 is 0 Å². The molecular formula is C8H16Ac3O4. The predicted octanol–water partition coefficient (Wildman–Crippen LogP) is -0.876. The maximum Gasteiger partial charge on any atom is 0.107 e. The van der Waals surface area contributed by atoms with E-state index in [1.165, 1.54) is 0 Å². The molecular weight excluding hydrogens is 841 g/mol. The molecule has 0 spiro atoms. The summed E-state index contributed by atoms with van der Waals surface area (Å²) in [5, 5.41) is 27.8. The summed E-state index contributed by atoms with van der Waals surface area (Å²) in [5.74, 6) is -0.245. The van der Waals surface area contributed by atoms with Gasteiger partial charge in [0, 0.05) is 138 Å². The maximum atomic E-state index is 9.48. The van der Waals surface area contributed by atoms with E-state index in [1.807, 2.05) is 0 Å². The third kappa shape index (κ3) is 6.93.